The minimum atomic E-state index is -0.0512. The fraction of sp³-hybridized carbons (Fsp3) is 1.00. The molecule has 0 amide bonds. The number of epoxide rings is 1. The van der Waals surface area contributed by atoms with E-state index in [0.717, 1.165) is 19.3 Å². The maximum Gasteiger partial charge on any atom is 0.161 e. The predicted octanol–water partition coefficient (Wildman–Crippen LogP) is 1.55. The third kappa shape index (κ3) is 2.93. The summed E-state index contributed by atoms with van der Waals surface area (Å²) < 4.78 is 22.5. The van der Waals surface area contributed by atoms with E-state index in [9.17, 15) is 0 Å². The quantitative estimate of drug-likeness (QED) is 0.428. The van der Waals surface area contributed by atoms with Gasteiger partial charge in [0.15, 0.2) is 6.29 Å². The lowest BCUT2D eigenvalue weighted by molar-refractivity contribution is -0.111. The Hall–Kier alpha value is 0.130. The van der Waals surface area contributed by atoms with E-state index in [1.165, 1.54) is 0 Å². The molecule has 5 heteroatoms. The molecule has 3 aliphatic rings. The number of alkyl halides is 1. The topological polar surface area (TPSA) is 40.2 Å². The zero-order valence-electron chi connectivity index (χ0n) is 9.85. The Balaban J connectivity index is 1.40. The molecule has 0 aromatic heterocycles. The molecular weight excluding hydrogens is 244 g/mol. The maximum absolute atomic E-state index is 5.87. The van der Waals surface area contributed by atoms with Crippen molar-refractivity contribution in [3.63, 3.8) is 0 Å². The van der Waals surface area contributed by atoms with E-state index in [1.807, 2.05) is 0 Å². The number of fused-ring (bicyclic) bond motifs is 1. The maximum atomic E-state index is 5.87. The summed E-state index contributed by atoms with van der Waals surface area (Å²) in [5.74, 6) is 1.02. The van der Waals surface area contributed by atoms with Crippen LogP contribution < -0.4 is 0 Å². The molecule has 3 fully saturated rings. The van der Waals surface area contributed by atoms with E-state index in [2.05, 4.69) is 0 Å². The zero-order valence-corrected chi connectivity index (χ0v) is 10.6. The Morgan fingerprint density at radius 2 is 2.12 bits per heavy atom. The molecule has 1 saturated carbocycles. The lowest BCUT2D eigenvalue weighted by Crippen LogP contribution is -2.28. The largest absolute Gasteiger partial charge is 0.377 e. The highest BCUT2D eigenvalue weighted by atomic mass is 35.5. The molecule has 2 aliphatic heterocycles. The van der Waals surface area contributed by atoms with Crippen molar-refractivity contribution in [2.75, 3.05) is 25.7 Å². The molecule has 2 heterocycles. The van der Waals surface area contributed by atoms with Crippen molar-refractivity contribution >= 4 is 11.6 Å². The Labute approximate surface area is 106 Å². The molecule has 5 atom stereocenters. The molecule has 4 nitrogen and oxygen atoms in total. The standard InChI is InChI=1S/C12H19ClO4/c13-3-4-14-6-9-7-15-12(16-9)8-1-2-10-11(5-8)17-10/h8-12H,1-7H2/t8-,9-,10+,11+,12+/m1/s1. The summed E-state index contributed by atoms with van der Waals surface area (Å²) >= 11 is 5.55. The molecule has 0 spiro atoms. The Bertz CT molecular complexity index is 263. The average Bonchev–Trinajstić information content (AvgIpc) is 2.98. The number of halogens is 1. The first-order valence-electron chi connectivity index (χ1n) is 6.43. The van der Waals surface area contributed by atoms with E-state index in [4.69, 9.17) is 30.5 Å². The van der Waals surface area contributed by atoms with Crippen LogP contribution >= 0.6 is 11.6 Å². The molecule has 98 valence electrons. The van der Waals surface area contributed by atoms with Crippen LogP contribution in [0.5, 0.6) is 0 Å². The van der Waals surface area contributed by atoms with Gasteiger partial charge in [-0.1, -0.05) is 0 Å². The van der Waals surface area contributed by atoms with Gasteiger partial charge in [0.2, 0.25) is 0 Å². The van der Waals surface area contributed by atoms with Gasteiger partial charge in [0.05, 0.1) is 32.0 Å². The summed E-state index contributed by atoms with van der Waals surface area (Å²) in [7, 11) is 0. The second-order valence-corrected chi connectivity index (χ2v) is 5.39. The van der Waals surface area contributed by atoms with Gasteiger partial charge in [0.1, 0.15) is 6.10 Å². The van der Waals surface area contributed by atoms with Gasteiger partial charge in [0.25, 0.3) is 0 Å². The normalized spacial score (nSPS) is 44.6. The summed E-state index contributed by atoms with van der Waals surface area (Å²) in [6.07, 6.45) is 4.44. The van der Waals surface area contributed by atoms with Crippen molar-refractivity contribution in [3.05, 3.63) is 0 Å². The minimum Gasteiger partial charge on any atom is -0.377 e. The Morgan fingerprint density at radius 3 is 2.94 bits per heavy atom. The van der Waals surface area contributed by atoms with Gasteiger partial charge in [-0.05, 0) is 19.3 Å². The molecular formula is C12H19ClO4. The summed E-state index contributed by atoms with van der Waals surface area (Å²) in [6, 6.07) is 0. The van der Waals surface area contributed by atoms with E-state index in [1.54, 1.807) is 0 Å². The lowest BCUT2D eigenvalue weighted by Gasteiger charge is -2.24. The van der Waals surface area contributed by atoms with Gasteiger partial charge in [-0.3, -0.25) is 0 Å². The van der Waals surface area contributed by atoms with Crippen LogP contribution in [-0.4, -0.2) is 50.3 Å². The lowest BCUT2D eigenvalue weighted by atomic mass is 9.89. The monoisotopic (exact) mass is 262 g/mol. The van der Waals surface area contributed by atoms with Crippen molar-refractivity contribution in [3.8, 4) is 0 Å². The second kappa shape index (κ2) is 5.41. The summed E-state index contributed by atoms with van der Waals surface area (Å²) in [6.45, 7) is 1.80. The van der Waals surface area contributed by atoms with Crippen molar-refractivity contribution in [1.29, 1.82) is 0 Å². The molecule has 1 aliphatic carbocycles. The molecule has 0 aromatic carbocycles. The first-order valence-corrected chi connectivity index (χ1v) is 6.96. The number of hydrogen-bond donors (Lipinski definition) is 0. The molecule has 0 bridgehead atoms. The fourth-order valence-corrected chi connectivity index (χ4v) is 2.87. The van der Waals surface area contributed by atoms with Gasteiger partial charge in [-0.25, -0.2) is 0 Å². The Morgan fingerprint density at radius 1 is 1.18 bits per heavy atom. The first-order chi connectivity index (χ1) is 8.36. The molecule has 0 radical (unpaired) electrons. The number of rotatable bonds is 5. The first kappa shape index (κ1) is 12.2. The van der Waals surface area contributed by atoms with Gasteiger partial charge >= 0.3 is 0 Å². The molecule has 3 rings (SSSR count). The van der Waals surface area contributed by atoms with Crippen LogP contribution in [0.4, 0.5) is 0 Å². The van der Waals surface area contributed by atoms with Crippen LogP contribution in [0, 0.1) is 5.92 Å². The third-order valence-corrected chi connectivity index (χ3v) is 3.88. The highest BCUT2D eigenvalue weighted by molar-refractivity contribution is 6.17. The van der Waals surface area contributed by atoms with Gasteiger partial charge in [-0.2, -0.15) is 0 Å². The minimum absolute atomic E-state index is 0.0512. The highest BCUT2D eigenvalue weighted by Crippen LogP contribution is 2.42. The third-order valence-electron chi connectivity index (χ3n) is 3.73. The smallest absolute Gasteiger partial charge is 0.161 e. The van der Waals surface area contributed by atoms with Crippen molar-refractivity contribution in [2.45, 2.75) is 43.9 Å². The van der Waals surface area contributed by atoms with E-state index in [0.29, 0.717) is 43.8 Å². The average molecular weight is 263 g/mol. The highest BCUT2D eigenvalue weighted by Gasteiger charge is 2.47. The number of hydrogen-bond acceptors (Lipinski definition) is 4. The zero-order chi connectivity index (χ0) is 11.7. The molecule has 2 saturated heterocycles. The van der Waals surface area contributed by atoms with Crippen molar-refractivity contribution < 1.29 is 18.9 Å². The van der Waals surface area contributed by atoms with E-state index in [-0.39, 0.29) is 12.4 Å². The summed E-state index contributed by atoms with van der Waals surface area (Å²) in [4.78, 5) is 0. The molecule has 0 aromatic rings. The van der Waals surface area contributed by atoms with Crippen LogP contribution in [0.15, 0.2) is 0 Å². The summed E-state index contributed by atoms with van der Waals surface area (Å²) in [5, 5.41) is 0. The SMILES string of the molecule is ClCCOC[C@@H]1CO[C@H]([C@@H]2CC[C@@H]3O[C@H]3C2)O1. The van der Waals surface area contributed by atoms with Crippen LogP contribution in [0.3, 0.4) is 0 Å². The van der Waals surface area contributed by atoms with Gasteiger partial charge < -0.3 is 18.9 Å². The van der Waals surface area contributed by atoms with Crippen LogP contribution in [0.25, 0.3) is 0 Å². The summed E-state index contributed by atoms with van der Waals surface area (Å²) in [5.41, 5.74) is 0. The van der Waals surface area contributed by atoms with Gasteiger partial charge in [0, 0.05) is 11.8 Å². The second-order valence-electron chi connectivity index (χ2n) is 5.01. The fourth-order valence-electron chi connectivity index (χ4n) is 2.76. The van der Waals surface area contributed by atoms with E-state index >= 15 is 0 Å². The van der Waals surface area contributed by atoms with Crippen molar-refractivity contribution in [2.24, 2.45) is 5.92 Å². The van der Waals surface area contributed by atoms with Crippen LogP contribution in [0.2, 0.25) is 0 Å². The molecule has 17 heavy (non-hydrogen) atoms. The van der Waals surface area contributed by atoms with Crippen molar-refractivity contribution in [1.82, 2.24) is 0 Å². The molecule has 0 unspecified atom stereocenters. The predicted molar refractivity (Wildman–Crippen MR) is 62.2 cm³/mol. The van der Waals surface area contributed by atoms with Crippen LogP contribution in [0.1, 0.15) is 19.3 Å². The number of ether oxygens (including phenoxy) is 4. The van der Waals surface area contributed by atoms with E-state index < -0.39 is 0 Å². The van der Waals surface area contributed by atoms with Gasteiger partial charge in [-0.15, -0.1) is 11.6 Å². The molecule has 0 N–H and O–H groups in total. The Kier molecular flexibility index (Phi) is 3.87. The van der Waals surface area contributed by atoms with Crippen LogP contribution in [-0.2, 0) is 18.9 Å².